The number of nitrogens with one attached hydrogen (secondary N) is 1. The number of hydrogen-bond acceptors (Lipinski definition) is 7. The van der Waals surface area contributed by atoms with Gasteiger partial charge >= 0.3 is 0 Å². The van der Waals surface area contributed by atoms with Gasteiger partial charge in [0.1, 0.15) is 5.69 Å². The molecule has 2 aromatic carbocycles. The van der Waals surface area contributed by atoms with E-state index >= 15 is 0 Å². The van der Waals surface area contributed by atoms with Crippen molar-refractivity contribution in [2.24, 2.45) is 0 Å². The van der Waals surface area contributed by atoms with Gasteiger partial charge in [-0.1, -0.05) is 31.1 Å². The number of carbonyl (C=O) groups is 1. The number of rotatable bonds is 6. The lowest BCUT2D eigenvalue weighted by Crippen LogP contribution is -2.20. The minimum absolute atomic E-state index is 0.0666. The summed E-state index contributed by atoms with van der Waals surface area (Å²) in [6, 6.07) is 10.1. The molecule has 32 heavy (non-hydrogen) atoms. The summed E-state index contributed by atoms with van der Waals surface area (Å²) >= 11 is 0. The summed E-state index contributed by atoms with van der Waals surface area (Å²) < 4.78 is 5.41. The van der Waals surface area contributed by atoms with Gasteiger partial charge in [0.15, 0.2) is 5.82 Å². The summed E-state index contributed by atoms with van der Waals surface area (Å²) in [5, 5.41) is 18.6. The molecule has 2 heterocycles. The summed E-state index contributed by atoms with van der Waals surface area (Å²) in [4.78, 5) is 30.7. The normalized spacial score (nSPS) is 13.6. The van der Waals surface area contributed by atoms with Gasteiger partial charge in [0.2, 0.25) is 0 Å². The molecule has 0 radical (unpaired) electrons. The van der Waals surface area contributed by atoms with Crippen molar-refractivity contribution in [2.75, 3.05) is 23.3 Å². The number of carbonyl (C=O) groups excluding carboxylic acids is 1. The van der Waals surface area contributed by atoms with Crippen LogP contribution >= 0.6 is 0 Å². The molecule has 9 heteroatoms. The zero-order valence-electron chi connectivity index (χ0n) is 18.3. The van der Waals surface area contributed by atoms with Gasteiger partial charge in [0, 0.05) is 30.6 Å². The number of amides is 1. The number of nitrogens with zero attached hydrogens (tertiary/aromatic N) is 4. The van der Waals surface area contributed by atoms with Gasteiger partial charge in [0.05, 0.1) is 16.2 Å². The van der Waals surface area contributed by atoms with Crippen LogP contribution in [0.5, 0.6) is 0 Å². The predicted molar refractivity (Wildman–Crippen MR) is 121 cm³/mol. The Labute approximate surface area is 185 Å². The van der Waals surface area contributed by atoms with E-state index in [9.17, 15) is 14.9 Å². The van der Waals surface area contributed by atoms with E-state index in [1.54, 1.807) is 18.2 Å². The first-order valence-electron chi connectivity index (χ1n) is 10.6. The zero-order chi connectivity index (χ0) is 22.8. The standard InChI is InChI=1S/C23H25N5O4/c1-14(2)21-25-23(32-26-21)17-8-6-7-15(3)20(17)24-22(29)16-9-10-18(19(13-16)28(30)31)27-11-4-5-12-27/h6-10,13-14H,4-5,11-12H2,1-3H3,(H,24,29). The quantitative estimate of drug-likeness (QED) is 0.431. The van der Waals surface area contributed by atoms with E-state index in [1.807, 2.05) is 37.8 Å². The molecule has 1 N–H and O–H groups in total. The Kier molecular flexibility index (Phi) is 5.89. The number of aromatic nitrogens is 2. The predicted octanol–water partition coefficient (Wildman–Crippen LogP) is 4.93. The van der Waals surface area contributed by atoms with Crippen LogP contribution in [0.25, 0.3) is 11.5 Å². The van der Waals surface area contributed by atoms with Crippen LogP contribution in [0.2, 0.25) is 0 Å². The minimum atomic E-state index is -0.444. The van der Waals surface area contributed by atoms with Crippen molar-refractivity contribution in [3.05, 3.63) is 63.5 Å². The molecule has 4 rings (SSSR count). The van der Waals surface area contributed by atoms with E-state index in [-0.39, 0.29) is 17.2 Å². The highest BCUT2D eigenvalue weighted by atomic mass is 16.6. The van der Waals surface area contributed by atoms with Crippen LogP contribution in [-0.2, 0) is 0 Å². The summed E-state index contributed by atoms with van der Waals surface area (Å²) in [5.74, 6) is 0.542. The van der Waals surface area contributed by atoms with Crippen molar-refractivity contribution in [2.45, 2.75) is 39.5 Å². The number of aryl methyl sites for hydroxylation is 1. The fourth-order valence-corrected chi connectivity index (χ4v) is 3.81. The minimum Gasteiger partial charge on any atom is -0.366 e. The van der Waals surface area contributed by atoms with E-state index in [0.717, 1.165) is 31.5 Å². The fourth-order valence-electron chi connectivity index (χ4n) is 3.81. The largest absolute Gasteiger partial charge is 0.366 e. The van der Waals surface area contributed by atoms with Crippen LogP contribution in [0.15, 0.2) is 40.9 Å². The summed E-state index contributed by atoms with van der Waals surface area (Å²) in [7, 11) is 0. The van der Waals surface area contributed by atoms with Gasteiger partial charge in [-0.05, 0) is 43.5 Å². The molecule has 0 unspecified atom stereocenters. The first-order chi connectivity index (χ1) is 15.3. The fraction of sp³-hybridized carbons (Fsp3) is 0.348. The molecule has 0 saturated carbocycles. The average Bonchev–Trinajstić information content (AvgIpc) is 3.47. The summed E-state index contributed by atoms with van der Waals surface area (Å²) in [6.45, 7) is 7.35. The Hall–Kier alpha value is -3.75. The van der Waals surface area contributed by atoms with Crippen molar-refractivity contribution in [1.82, 2.24) is 10.1 Å². The van der Waals surface area contributed by atoms with Crippen molar-refractivity contribution in [3.8, 4) is 11.5 Å². The molecule has 1 aromatic heterocycles. The number of anilines is 2. The Morgan fingerprint density at radius 3 is 2.62 bits per heavy atom. The molecule has 0 atom stereocenters. The number of para-hydroxylation sites is 1. The van der Waals surface area contributed by atoms with E-state index in [4.69, 9.17) is 4.52 Å². The highest BCUT2D eigenvalue weighted by Crippen LogP contribution is 2.34. The maximum atomic E-state index is 13.1. The second-order valence-corrected chi connectivity index (χ2v) is 8.22. The molecule has 0 spiro atoms. The van der Waals surface area contributed by atoms with Crippen LogP contribution < -0.4 is 10.2 Å². The lowest BCUT2D eigenvalue weighted by atomic mass is 10.1. The average molecular weight is 435 g/mol. The van der Waals surface area contributed by atoms with Crippen LogP contribution in [-0.4, -0.2) is 34.1 Å². The highest BCUT2D eigenvalue weighted by molar-refractivity contribution is 6.07. The summed E-state index contributed by atoms with van der Waals surface area (Å²) in [6.07, 6.45) is 2.01. The van der Waals surface area contributed by atoms with Gasteiger partial charge in [-0.15, -0.1) is 0 Å². The van der Waals surface area contributed by atoms with Gasteiger partial charge in [-0.2, -0.15) is 4.98 Å². The lowest BCUT2D eigenvalue weighted by molar-refractivity contribution is -0.384. The van der Waals surface area contributed by atoms with Gasteiger partial charge in [0.25, 0.3) is 17.5 Å². The first-order valence-corrected chi connectivity index (χ1v) is 10.6. The van der Waals surface area contributed by atoms with Crippen molar-refractivity contribution in [1.29, 1.82) is 0 Å². The number of nitro groups is 1. The van der Waals surface area contributed by atoms with Crippen LogP contribution in [0.1, 0.15) is 54.4 Å². The number of benzene rings is 2. The third-order valence-electron chi connectivity index (χ3n) is 5.58. The highest BCUT2D eigenvalue weighted by Gasteiger charge is 2.25. The Balaban J connectivity index is 1.66. The molecule has 166 valence electrons. The van der Waals surface area contributed by atoms with Crippen molar-refractivity contribution in [3.63, 3.8) is 0 Å². The Bertz CT molecular complexity index is 1160. The molecule has 1 saturated heterocycles. The second kappa shape index (κ2) is 8.78. The first kappa shape index (κ1) is 21.5. The second-order valence-electron chi connectivity index (χ2n) is 8.22. The van der Waals surface area contributed by atoms with Gasteiger partial charge in [-0.25, -0.2) is 0 Å². The van der Waals surface area contributed by atoms with Crippen LogP contribution in [0, 0.1) is 17.0 Å². The molecular formula is C23H25N5O4. The molecule has 3 aromatic rings. The van der Waals surface area contributed by atoms with Crippen molar-refractivity contribution < 1.29 is 14.2 Å². The Morgan fingerprint density at radius 2 is 1.97 bits per heavy atom. The maximum absolute atomic E-state index is 13.1. The third kappa shape index (κ3) is 4.18. The molecule has 1 amide bonds. The molecule has 1 aliphatic heterocycles. The molecule has 1 fully saturated rings. The van der Waals surface area contributed by atoms with Gasteiger partial charge in [-0.3, -0.25) is 14.9 Å². The number of nitro benzene ring substituents is 1. The Morgan fingerprint density at radius 1 is 1.22 bits per heavy atom. The van der Waals surface area contributed by atoms with E-state index in [2.05, 4.69) is 15.5 Å². The molecule has 1 aliphatic rings. The van der Waals surface area contributed by atoms with E-state index < -0.39 is 10.8 Å². The topological polar surface area (TPSA) is 114 Å². The van der Waals surface area contributed by atoms with Gasteiger partial charge < -0.3 is 14.7 Å². The maximum Gasteiger partial charge on any atom is 0.293 e. The SMILES string of the molecule is Cc1cccc(-c2nc(C(C)C)no2)c1NC(=O)c1ccc(N2CCCC2)c([N+](=O)[O-])c1. The molecular weight excluding hydrogens is 410 g/mol. The monoisotopic (exact) mass is 435 g/mol. The number of hydrogen-bond donors (Lipinski definition) is 1. The molecule has 0 bridgehead atoms. The van der Waals surface area contributed by atoms with E-state index in [1.165, 1.54) is 6.07 Å². The van der Waals surface area contributed by atoms with Crippen molar-refractivity contribution >= 4 is 23.0 Å². The third-order valence-corrected chi connectivity index (χ3v) is 5.58. The molecule has 0 aliphatic carbocycles. The zero-order valence-corrected chi connectivity index (χ0v) is 18.3. The van der Waals surface area contributed by atoms with E-state index in [0.29, 0.717) is 28.7 Å². The van der Waals surface area contributed by atoms with Crippen LogP contribution in [0.4, 0.5) is 17.1 Å². The molecule has 9 nitrogen and oxygen atoms in total. The lowest BCUT2D eigenvalue weighted by Gasteiger charge is -2.18. The summed E-state index contributed by atoms with van der Waals surface area (Å²) in [5.41, 5.74) is 2.63. The van der Waals surface area contributed by atoms with Crippen LogP contribution in [0.3, 0.4) is 0 Å². The smallest absolute Gasteiger partial charge is 0.293 e.